The topological polar surface area (TPSA) is 66.0 Å². The number of rotatable bonds is 1. The Kier molecular flexibility index (Phi) is 2.22. The Morgan fingerprint density at radius 1 is 1.38 bits per heavy atom. The Labute approximate surface area is 93.3 Å². The first-order chi connectivity index (χ1) is 7.38. The van der Waals surface area contributed by atoms with Crippen molar-refractivity contribution in [2.24, 2.45) is 0 Å². The van der Waals surface area contributed by atoms with Crippen LogP contribution in [0.3, 0.4) is 0 Å². The van der Waals surface area contributed by atoms with E-state index < -0.39 is 5.97 Å². The molecule has 2 rings (SSSR count). The maximum Gasteiger partial charge on any atom is 0.371 e. The number of carboxylic acids is 1. The van der Waals surface area contributed by atoms with Crippen LogP contribution in [0.1, 0.15) is 37.0 Å². The van der Waals surface area contributed by atoms with Crippen LogP contribution in [0.4, 0.5) is 0 Å². The highest BCUT2D eigenvalue weighted by atomic mass is 16.4. The van der Waals surface area contributed by atoms with Gasteiger partial charge in [0.2, 0.25) is 5.82 Å². The first-order valence-corrected chi connectivity index (χ1v) is 5.11. The van der Waals surface area contributed by atoms with Gasteiger partial charge in [-0.3, -0.25) is 0 Å². The van der Waals surface area contributed by atoms with Crippen LogP contribution >= 0.6 is 0 Å². The minimum atomic E-state index is -1.03. The Hall–Kier alpha value is -1.84. The van der Waals surface area contributed by atoms with Crippen molar-refractivity contribution in [3.8, 4) is 0 Å². The number of nitrogens with one attached hydrogen (secondary N) is 1. The minimum Gasteiger partial charge on any atom is -0.475 e. The molecule has 16 heavy (non-hydrogen) atoms. The molecule has 4 heteroatoms. The number of aromatic amines is 1. The number of carbonyl (C=O) groups is 1. The molecule has 0 radical (unpaired) electrons. The highest BCUT2D eigenvalue weighted by Crippen LogP contribution is 2.25. The van der Waals surface area contributed by atoms with Crippen LogP contribution in [0.15, 0.2) is 18.2 Å². The number of hydrogen-bond acceptors (Lipinski definition) is 2. The summed E-state index contributed by atoms with van der Waals surface area (Å²) in [5.41, 5.74) is 2.63. The van der Waals surface area contributed by atoms with E-state index in [4.69, 9.17) is 5.11 Å². The van der Waals surface area contributed by atoms with Crippen molar-refractivity contribution in [2.75, 3.05) is 0 Å². The lowest BCUT2D eigenvalue weighted by Crippen LogP contribution is -2.10. The molecule has 0 saturated carbocycles. The molecule has 4 nitrogen and oxygen atoms in total. The van der Waals surface area contributed by atoms with Gasteiger partial charge in [0.15, 0.2) is 0 Å². The molecule has 0 amide bonds. The second-order valence-corrected chi connectivity index (χ2v) is 4.87. The summed E-state index contributed by atoms with van der Waals surface area (Å²) in [5, 5.41) is 8.82. The van der Waals surface area contributed by atoms with Gasteiger partial charge in [-0.15, -0.1) is 0 Å². The van der Waals surface area contributed by atoms with E-state index in [2.05, 4.69) is 30.7 Å². The SMILES string of the molecule is CC(C)(C)c1ccc2[nH]c(C(=O)O)nc2c1. The zero-order valence-electron chi connectivity index (χ0n) is 9.53. The van der Waals surface area contributed by atoms with Crippen molar-refractivity contribution in [3.63, 3.8) is 0 Å². The summed E-state index contributed by atoms with van der Waals surface area (Å²) in [5.74, 6) is -1.05. The number of hydrogen-bond donors (Lipinski definition) is 2. The molecule has 2 N–H and O–H groups in total. The summed E-state index contributed by atoms with van der Waals surface area (Å²) in [6.45, 7) is 6.33. The average molecular weight is 218 g/mol. The lowest BCUT2D eigenvalue weighted by atomic mass is 9.87. The second-order valence-electron chi connectivity index (χ2n) is 4.87. The Balaban J connectivity index is 2.58. The zero-order valence-corrected chi connectivity index (χ0v) is 9.53. The molecule has 1 heterocycles. The number of nitrogens with zero attached hydrogens (tertiary/aromatic N) is 1. The third-order valence-electron chi connectivity index (χ3n) is 2.55. The van der Waals surface area contributed by atoms with Crippen molar-refractivity contribution in [2.45, 2.75) is 26.2 Å². The molecule has 0 fully saturated rings. The molecule has 84 valence electrons. The number of fused-ring (bicyclic) bond motifs is 1. The van der Waals surface area contributed by atoms with Gasteiger partial charge in [-0.25, -0.2) is 9.78 Å². The van der Waals surface area contributed by atoms with Gasteiger partial charge in [-0.1, -0.05) is 26.8 Å². The van der Waals surface area contributed by atoms with Gasteiger partial charge in [-0.2, -0.15) is 0 Å². The summed E-state index contributed by atoms with van der Waals surface area (Å²) in [7, 11) is 0. The molecule has 0 bridgehead atoms. The van der Waals surface area contributed by atoms with Gasteiger partial charge in [0.25, 0.3) is 0 Å². The lowest BCUT2D eigenvalue weighted by molar-refractivity contribution is 0.0685. The summed E-state index contributed by atoms with van der Waals surface area (Å²) in [6, 6.07) is 5.79. The van der Waals surface area contributed by atoms with Gasteiger partial charge in [0, 0.05) is 0 Å². The normalized spacial score (nSPS) is 11.9. The van der Waals surface area contributed by atoms with E-state index in [1.165, 1.54) is 0 Å². The molecule has 0 aliphatic carbocycles. The van der Waals surface area contributed by atoms with E-state index in [1.807, 2.05) is 18.2 Å². The molecule has 0 saturated heterocycles. The van der Waals surface area contributed by atoms with Crippen LogP contribution in [-0.2, 0) is 5.41 Å². The maximum absolute atomic E-state index is 10.8. The van der Waals surface area contributed by atoms with E-state index in [0.717, 1.165) is 11.1 Å². The number of aromatic nitrogens is 2. The predicted molar refractivity (Wildman–Crippen MR) is 61.8 cm³/mol. The highest BCUT2D eigenvalue weighted by Gasteiger charge is 2.16. The van der Waals surface area contributed by atoms with Gasteiger partial charge in [0.1, 0.15) is 0 Å². The quantitative estimate of drug-likeness (QED) is 0.773. The minimum absolute atomic E-state index is 0.0129. The summed E-state index contributed by atoms with van der Waals surface area (Å²) >= 11 is 0. The number of H-pyrrole nitrogens is 1. The van der Waals surface area contributed by atoms with Crippen LogP contribution in [0, 0.1) is 0 Å². The molecule has 0 spiro atoms. The third kappa shape index (κ3) is 1.78. The lowest BCUT2D eigenvalue weighted by Gasteiger charge is -2.18. The number of benzene rings is 1. The molecule has 0 aliphatic rings. The van der Waals surface area contributed by atoms with Crippen LogP contribution in [-0.4, -0.2) is 21.0 Å². The van der Waals surface area contributed by atoms with Crippen LogP contribution in [0.2, 0.25) is 0 Å². The molecule has 1 aromatic heterocycles. The largest absolute Gasteiger partial charge is 0.475 e. The van der Waals surface area contributed by atoms with E-state index >= 15 is 0 Å². The van der Waals surface area contributed by atoms with Crippen LogP contribution < -0.4 is 0 Å². The van der Waals surface area contributed by atoms with Crippen LogP contribution in [0.5, 0.6) is 0 Å². The smallest absolute Gasteiger partial charge is 0.371 e. The fraction of sp³-hybridized carbons (Fsp3) is 0.333. The van der Waals surface area contributed by atoms with Crippen LogP contribution in [0.25, 0.3) is 11.0 Å². The fourth-order valence-corrected chi connectivity index (χ4v) is 1.57. The van der Waals surface area contributed by atoms with Gasteiger partial charge in [-0.05, 0) is 23.1 Å². The fourth-order valence-electron chi connectivity index (χ4n) is 1.57. The van der Waals surface area contributed by atoms with Crippen molar-refractivity contribution in [1.29, 1.82) is 0 Å². The molecule has 0 aliphatic heterocycles. The van der Waals surface area contributed by atoms with Crippen molar-refractivity contribution in [1.82, 2.24) is 9.97 Å². The standard InChI is InChI=1S/C12H14N2O2/c1-12(2,3)7-4-5-8-9(6-7)14-10(13-8)11(15)16/h4-6H,1-3H3,(H,13,14)(H,15,16). The van der Waals surface area contributed by atoms with E-state index in [9.17, 15) is 4.79 Å². The second kappa shape index (κ2) is 3.33. The van der Waals surface area contributed by atoms with E-state index in [1.54, 1.807) is 0 Å². The Bertz CT molecular complexity index is 550. The summed E-state index contributed by atoms with van der Waals surface area (Å²) in [6.07, 6.45) is 0. The van der Waals surface area contributed by atoms with Gasteiger partial charge < -0.3 is 10.1 Å². The highest BCUT2D eigenvalue weighted by molar-refractivity contribution is 5.89. The Morgan fingerprint density at radius 2 is 2.06 bits per heavy atom. The number of imidazole rings is 1. The monoisotopic (exact) mass is 218 g/mol. The first-order valence-electron chi connectivity index (χ1n) is 5.11. The molecule has 0 unspecified atom stereocenters. The molecule has 1 aromatic carbocycles. The maximum atomic E-state index is 10.8. The first kappa shape index (κ1) is 10.7. The number of carboxylic acid groups (broad SMARTS) is 1. The molecular formula is C12H14N2O2. The van der Waals surface area contributed by atoms with Crippen molar-refractivity contribution >= 4 is 17.0 Å². The summed E-state index contributed by atoms with van der Waals surface area (Å²) < 4.78 is 0. The van der Waals surface area contributed by atoms with Crippen molar-refractivity contribution < 1.29 is 9.90 Å². The van der Waals surface area contributed by atoms with Gasteiger partial charge >= 0.3 is 5.97 Å². The molecular weight excluding hydrogens is 204 g/mol. The molecule has 2 aromatic rings. The third-order valence-corrected chi connectivity index (χ3v) is 2.55. The van der Waals surface area contributed by atoms with Crippen molar-refractivity contribution in [3.05, 3.63) is 29.6 Å². The average Bonchev–Trinajstić information content (AvgIpc) is 2.58. The number of aromatic carboxylic acids is 1. The zero-order chi connectivity index (χ0) is 11.9. The Morgan fingerprint density at radius 3 is 2.62 bits per heavy atom. The van der Waals surface area contributed by atoms with Gasteiger partial charge in [0.05, 0.1) is 11.0 Å². The van der Waals surface area contributed by atoms with E-state index in [-0.39, 0.29) is 11.2 Å². The summed E-state index contributed by atoms with van der Waals surface area (Å²) in [4.78, 5) is 17.6. The molecule has 0 atom stereocenters. The van der Waals surface area contributed by atoms with E-state index in [0.29, 0.717) is 5.52 Å². The predicted octanol–water partition coefficient (Wildman–Crippen LogP) is 2.56.